The molecule has 0 spiro atoms. The minimum absolute atomic E-state index is 0.0724. The fourth-order valence-corrected chi connectivity index (χ4v) is 3.81. The fraction of sp³-hybridized carbons (Fsp3) is 0.909. The van der Waals surface area contributed by atoms with Crippen molar-refractivity contribution in [2.45, 2.75) is 98.6 Å². The Bertz CT molecular complexity index is 488. The molecule has 0 bridgehead atoms. The molecule has 0 saturated heterocycles. The van der Waals surface area contributed by atoms with E-state index in [0.29, 0.717) is 24.8 Å². The summed E-state index contributed by atoms with van der Waals surface area (Å²) < 4.78 is 5.46. The predicted octanol–water partition coefficient (Wildman–Crippen LogP) is 4.99. The van der Waals surface area contributed by atoms with Crippen molar-refractivity contribution in [2.75, 3.05) is 13.6 Å². The van der Waals surface area contributed by atoms with Gasteiger partial charge in [-0.1, -0.05) is 47.0 Å². The minimum atomic E-state index is -0.576. The molecule has 0 aromatic carbocycles. The van der Waals surface area contributed by atoms with E-state index in [1.165, 1.54) is 37.0 Å². The number of hydrogen-bond donors (Lipinski definition) is 1. The lowest BCUT2D eigenvalue weighted by molar-refractivity contribution is -0.127. The number of hydrogen-bond acceptors (Lipinski definition) is 3. The lowest BCUT2D eigenvalue weighted by Crippen LogP contribution is -2.51. The average molecular weight is 383 g/mol. The monoisotopic (exact) mass is 382 g/mol. The highest BCUT2D eigenvalue weighted by molar-refractivity contribution is 5.85. The molecule has 1 fully saturated rings. The molecule has 1 aliphatic rings. The number of nitrogens with one attached hydrogen (secondary N) is 1. The Hall–Kier alpha value is -1.26. The van der Waals surface area contributed by atoms with E-state index in [9.17, 15) is 9.59 Å². The standard InChI is InChI=1S/C22H42N2O3/c1-16(2)14-18(24(8)20(26)27-21(3,4)5)19(25)23-15-22(6,7)17-12-10-9-11-13-17/h16-18H,9-15H2,1-8H3,(H,23,25). The summed E-state index contributed by atoms with van der Waals surface area (Å²) in [6.45, 7) is 14.8. The van der Waals surface area contributed by atoms with Gasteiger partial charge in [-0.2, -0.15) is 0 Å². The Morgan fingerprint density at radius 2 is 1.63 bits per heavy atom. The number of nitrogens with zero attached hydrogens (tertiary/aromatic N) is 1. The molecule has 0 aromatic heterocycles. The summed E-state index contributed by atoms with van der Waals surface area (Å²) in [6.07, 6.45) is 6.57. The topological polar surface area (TPSA) is 58.6 Å². The number of ether oxygens (including phenoxy) is 1. The number of rotatable bonds is 7. The molecule has 0 heterocycles. The molecule has 0 aliphatic heterocycles. The van der Waals surface area contributed by atoms with Crippen LogP contribution in [0.3, 0.4) is 0 Å². The first kappa shape index (κ1) is 23.8. The van der Waals surface area contributed by atoms with Crippen LogP contribution in [0.15, 0.2) is 0 Å². The van der Waals surface area contributed by atoms with Crippen molar-refractivity contribution in [2.24, 2.45) is 17.3 Å². The van der Waals surface area contributed by atoms with Gasteiger partial charge in [0, 0.05) is 13.6 Å². The van der Waals surface area contributed by atoms with E-state index in [4.69, 9.17) is 4.74 Å². The Morgan fingerprint density at radius 1 is 1.07 bits per heavy atom. The minimum Gasteiger partial charge on any atom is -0.444 e. The third kappa shape index (κ3) is 8.10. The molecule has 1 saturated carbocycles. The zero-order valence-corrected chi connectivity index (χ0v) is 18.9. The largest absolute Gasteiger partial charge is 0.444 e. The SMILES string of the molecule is CC(C)CC(C(=O)NCC(C)(C)C1CCCCC1)N(C)C(=O)OC(C)(C)C. The fourth-order valence-electron chi connectivity index (χ4n) is 3.81. The van der Waals surface area contributed by atoms with Crippen molar-refractivity contribution in [3.05, 3.63) is 0 Å². The van der Waals surface area contributed by atoms with Gasteiger partial charge in [0.1, 0.15) is 11.6 Å². The summed E-state index contributed by atoms with van der Waals surface area (Å²) in [5.74, 6) is 0.872. The number of carbonyl (C=O) groups excluding carboxylic acids is 2. The van der Waals surface area contributed by atoms with E-state index in [1.54, 1.807) is 7.05 Å². The summed E-state index contributed by atoms with van der Waals surface area (Å²) in [5.41, 5.74) is -0.504. The van der Waals surface area contributed by atoms with Crippen LogP contribution in [0.2, 0.25) is 0 Å². The Morgan fingerprint density at radius 3 is 2.11 bits per heavy atom. The Balaban J connectivity index is 2.75. The van der Waals surface area contributed by atoms with Gasteiger partial charge in [-0.3, -0.25) is 9.69 Å². The lowest BCUT2D eigenvalue weighted by Gasteiger charge is -2.38. The Labute approximate surface area is 166 Å². The van der Waals surface area contributed by atoms with Gasteiger partial charge in [-0.25, -0.2) is 4.79 Å². The van der Waals surface area contributed by atoms with Gasteiger partial charge in [-0.15, -0.1) is 0 Å². The second kappa shape index (κ2) is 9.79. The third-order valence-electron chi connectivity index (χ3n) is 5.57. The molecule has 0 aromatic rings. The zero-order chi connectivity index (χ0) is 20.8. The first-order valence-corrected chi connectivity index (χ1v) is 10.6. The Kier molecular flexibility index (Phi) is 8.62. The molecule has 1 rings (SSSR count). The summed E-state index contributed by atoms with van der Waals surface area (Å²) in [6, 6.07) is -0.512. The number of likely N-dealkylation sites (N-methyl/N-ethyl adjacent to an activating group) is 1. The van der Waals surface area contributed by atoms with Crippen molar-refractivity contribution in [3.8, 4) is 0 Å². The van der Waals surface area contributed by atoms with E-state index in [2.05, 4.69) is 33.0 Å². The van der Waals surface area contributed by atoms with Crippen LogP contribution in [0.1, 0.15) is 87.0 Å². The first-order valence-electron chi connectivity index (χ1n) is 10.6. The van der Waals surface area contributed by atoms with Gasteiger partial charge in [0.2, 0.25) is 5.91 Å². The van der Waals surface area contributed by atoms with Crippen molar-refractivity contribution in [3.63, 3.8) is 0 Å². The molecule has 1 unspecified atom stereocenters. The molecule has 2 amide bonds. The van der Waals surface area contributed by atoms with Gasteiger partial charge in [0.05, 0.1) is 0 Å². The van der Waals surface area contributed by atoms with E-state index >= 15 is 0 Å². The van der Waals surface area contributed by atoms with Gasteiger partial charge >= 0.3 is 6.09 Å². The quantitative estimate of drug-likeness (QED) is 0.675. The van der Waals surface area contributed by atoms with Crippen LogP contribution in [-0.2, 0) is 9.53 Å². The van der Waals surface area contributed by atoms with Gasteiger partial charge in [0.15, 0.2) is 0 Å². The van der Waals surface area contributed by atoms with Crippen LogP contribution >= 0.6 is 0 Å². The van der Waals surface area contributed by atoms with Crippen molar-refractivity contribution in [1.82, 2.24) is 10.2 Å². The molecular weight excluding hydrogens is 340 g/mol. The summed E-state index contributed by atoms with van der Waals surface area (Å²) in [4.78, 5) is 26.9. The molecule has 5 heteroatoms. The highest BCUT2D eigenvalue weighted by Crippen LogP contribution is 2.37. The normalized spacial score (nSPS) is 17.5. The maximum atomic E-state index is 13.0. The highest BCUT2D eigenvalue weighted by Gasteiger charge is 2.34. The average Bonchev–Trinajstić information content (AvgIpc) is 2.56. The molecule has 158 valence electrons. The van der Waals surface area contributed by atoms with E-state index in [-0.39, 0.29) is 11.3 Å². The van der Waals surface area contributed by atoms with Gasteiger partial charge in [-0.05, 0) is 57.3 Å². The van der Waals surface area contributed by atoms with Crippen LogP contribution in [0.25, 0.3) is 0 Å². The molecule has 1 atom stereocenters. The number of amides is 2. The summed E-state index contributed by atoms with van der Waals surface area (Å²) in [5, 5.41) is 3.14. The van der Waals surface area contributed by atoms with Crippen LogP contribution in [0.5, 0.6) is 0 Å². The van der Waals surface area contributed by atoms with E-state index < -0.39 is 17.7 Å². The smallest absolute Gasteiger partial charge is 0.410 e. The van der Waals surface area contributed by atoms with Crippen molar-refractivity contribution in [1.29, 1.82) is 0 Å². The van der Waals surface area contributed by atoms with Crippen LogP contribution < -0.4 is 5.32 Å². The summed E-state index contributed by atoms with van der Waals surface area (Å²) >= 11 is 0. The predicted molar refractivity (Wildman–Crippen MR) is 111 cm³/mol. The second-order valence-electron chi connectivity index (χ2n) is 10.3. The van der Waals surface area contributed by atoms with Crippen molar-refractivity contribution < 1.29 is 14.3 Å². The maximum Gasteiger partial charge on any atom is 0.410 e. The number of carbonyl (C=O) groups is 2. The maximum absolute atomic E-state index is 13.0. The molecule has 1 N–H and O–H groups in total. The summed E-state index contributed by atoms with van der Waals surface area (Å²) in [7, 11) is 1.66. The van der Waals surface area contributed by atoms with Crippen LogP contribution in [0, 0.1) is 17.3 Å². The molecule has 0 radical (unpaired) electrons. The highest BCUT2D eigenvalue weighted by atomic mass is 16.6. The van der Waals surface area contributed by atoms with Crippen LogP contribution in [0.4, 0.5) is 4.79 Å². The molecule has 1 aliphatic carbocycles. The molecule has 27 heavy (non-hydrogen) atoms. The molecular formula is C22H42N2O3. The van der Waals surface area contributed by atoms with Gasteiger partial charge < -0.3 is 10.1 Å². The van der Waals surface area contributed by atoms with Crippen molar-refractivity contribution >= 4 is 12.0 Å². The zero-order valence-electron chi connectivity index (χ0n) is 18.9. The van der Waals surface area contributed by atoms with E-state index in [0.717, 1.165) is 0 Å². The molecule has 5 nitrogen and oxygen atoms in total. The van der Waals surface area contributed by atoms with Crippen LogP contribution in [-0.4, -0.2) is 42.1 Å². The second-order valence-corrected chi connectivity index (χ2v) is 10.3. The van der Waals surface area contributed by atoms with E-state index in [1.807, 2.05) is 20.8 Å². The van der Waals surface area contributed by atoms with Gasteiger partial charge in [0.25, 0.3) is 0 Å². The third-order valence-corrected chi connectivity index (χ3v) is 5.57. The lowest BCUT2D eigenvalue weighted by atomic mass is 9.71. The first-order chi connectivity index (χ1) is 12.3.